The van der Waals surface area contributed by atoms with E-state index in [4.69, 9.17) is 0 Å². The molecule has 1 heterocycles. The van der Waals surface area contributed by atoms with Crippen LogP contribution in [0.15, 0.2) is 18.2 Å². The van der Waals surface area contributed by atoms with E-state index in [1.165, 1.54) is 12.1 Å². The number of halogens is 1. The first kappa shape index (κ1) is 16.1. The highest BCUT2D eigenvalue weighted by Crippen LogP contribution is 2.25. The van der Waals surface area contributed by atoms with E-state index in [0.29, 0.717) is 6.54 Å². The van der Waals surface area contributed by atoms with Crippen LogP contribution in [0.2, 0.25) is 0 Å². The second-order valence-electron chi connectivity index (χ2n) is 5.23. The van der Waals surface area contributed by atoms with Crippen molar-refractivity contribution in [3.63, 3.8) is 0 Å². The minimum Gasteiger partial charge on any atom is -0.356 e. The van der Waals surface area contributed by atoms with Crippen LogP contribution >= 0.6 is 0 Å². The van der Waals surface area contributed by atoms with E-state index in [9.17, 15) is 18.8 Å². The molecule has 0 aromatic heterocycles. The number of unbranched alkanes of at least 4 members (excludes halogenated alkanes) is 2. The van der Waals surface area contributed by atoms with Gasteiger partial charge in [-0.1, -0.05) is 25.8 Å². The molecule has 0 fully saturated rings. The predicted octanol–water partition coefficient (Wildman–Crippen LogP) is 2.12. The molecule has 0 saturated heterocycles. The SMILES string of the molecule is CCCCCNC(=O)CCN1C(=O)c2cccc(F)c2C1=O. The van der Waals surface area contributed by atoms with Crippen LogP contribution in [-0.4, -0.2) is 35.7 Å². The van der Waals surface area contributed by atoms with E-state index in [0.717, 1.165) is 30.2 Å². The summed E-state index contributed by atoms with van der Waals surface area (Å²) in [5.41, 5.74) is -0.135. The van der Waals surface area contributed by atoms with Crippen molar-refractivity contribution in [3.05, 3.63) is 35.1 Å². The first-order chi connectivity index (χ1) is 10.6. The minimum atomic E-state index is -0.706. The van der Waals surface area contributed by atoms with E-state index < -0.39 is 17.6 Å². The Labute approximate surface area is 128 Å². The summed E-state index contributed by atoms with van der Waals surface area (Å²) in [6.45, 7) is 2.62. The summed E-state index contributed by atoms with van der Waals surface area (Å²) >= 11 is 0. The number of amides is 3. The number of nitrogens with zero attached hydrogens (tertiary/aromatic N) is 1. The highest BCUT2D eigenvalue weighted by Gasteiger charge is 2.37. The maximum atomic E-state index is 13.6. The van der Waals surface area contributed by atoms with Gasteiger partial charge >= 0.3 is 0 Å². The summed E-state index contributed by atoms with van der Waals surface area (Å²) in [6.07, 6.45) is 3.04. The van der Waals surface area contributed by atoms with Crippen molar-refractivity contribution in [2.24, 2.45) is 0 Å². The lowest BCUT2D eigenvalue weighted by Crippen LogP contribution is -2.34. The summed E-state index contributed by atoms with van der Waals surface area (Å²) in [7, 11) is 0. The number of nitrogens with one attached hydrogen (secondary N) is 1. The van der Waals surface area contributed by atoms with Crippen molar-refractivity contribution in [1.29, 1.82) is 0 Å². The molecule has 118 valence electrons. The molecule has 1 aliphatic rings. The van der Waals surface area contributed by atoms with Crippen molar-refractivity contribution < 1.29 is 18.8 Å². The van der Waals surface area contributed by atoms with Gasteiger partial charge < -0.3 is 5.32 Å². The van der Waals surface area contributed by atoms with Crippen LogP contribution in [0.5, 0.6) is 0 Å². The van der Waals surface area contributed by atoms with Crippen LogP contribution < -0.4 is 5.32 Å². The van der Waals surface area contributed by atoms with E-state index in [1.54, 1.807) is 0 Å². The summed E-state index contributed by atoms with van der Waals surface area (Å²) < 4.78 is 13.6. The summed E-state index contributed by atoms with van der Waals surface area (Å²) in [4.78, 5) is 36.8. The smallest absolute Gasteiger partial charge is 0.264 e. The van der Waals surface area contributed by atoms with Gasteiger partial charge in [-0.25, -0.2) is 4.39 Å². The average molecular weight is 306 g/mol. The van der Waals surface area contributed by atoms with Crippen LogP contribution in [0, 0.1) is 5.82 Å². The maximum absolute atomic E-state index is 13.6. The fraction of sp³-hybridized carbons (Fsp3) is 0.438. The maximum Gasteiger partial charge on any atom is 0.264 e. The topological polar surface area (TPSA) is 66.5 Å². The second kappa shape index (κ2) is 7.15. The first-order valence-corrected chi connectivity index (χ1v) is 7.47. The highest BCUT2D eigenvalue weighted by molar-refractivity contribution is 6.21. The lowest BCUT2D eigenvalue weighted by molar-refractivity contribution is -0.121. The van der Waals surface area contributed by atoms with Gasteiger partial charge in [-0.2, -0.15) is 0 Å². The van der Waals surface area contributed by atoms with E-state index in [2.05, 4.69) is 12.2 Å². The van der Waals surface area contributed by atoms with Crippen LogP contribution in [0.3, 0.4) is 0 Å². The Kier molecular flexibility index (Phi) is 5.25. The molecule has 0 radical (unpaired) electrons. The van der Waals surface area contributed by atoms with Crippen molar-refractivity contribution in [1.82, 2.24) is 10.2 Å². The zero-order valence-electron chi connectivity index (χ0n) is 12.5. The molecule has 0 saturated carbocycles. The Balaban J connectivity index is 1.90. The molecule has 2 rings (SSSR count). The van der Waals surface area contributed by atoms with Gasteiger partial charge in [-0.15, -0.1) is 0 Å². The quantitative estimate of drug-likeness (QED) is 0.620. The Bertz CT molecular complexity index is 601. The Morgan fingerprint density at radius 3 is 2.68 bits per heavy atom. The minimum absolute atomic E-state index is 0.0270. The summed E-state index contributed by atoms with van der Waals surface area (Å²) in [5.74, 6) is -2.13. The number of hydrogen-bond acceptors (Lipinski definition) is 3. The Hall–Kier alpha value is -2.24. The largest absolute Gasteiger partial charge is 0.356 e. The van der Waals surface area contributed by atoms with Gasteiger partial charge in [-0.05, 0) is 18.6 Å². The Morgan fingerprint density at radius 2 is 2.00 bits per heavy atom. The molecule has 6 heteroatoms. The van der Waals surface area contributed by atoms with Crippen molar-refractivity contribution in [3.8, 4) is 0 Å². The monoisotopic (exact) mass is 306 g/mol. The van der Waals surface area contributed by atoms with E-state index >= 15 is 0 Å². The molecule has 1 aromatic rings. The van der Waals surface area contributed by atoms with Gasteiger partial charge in [0.2, 0.25) is 5.91 Å². The lowest BCUT2D eigenvalue weighted by Gasteiger charge is -2.13. The summed E-state index contributed by atoms with van der Waals surface area (Å²) in [6, 6.07) is 3.96. The van der Waals surface area contributed by atoms with Crippen LogP contribution in [0.25, 0.3) is 0 Å². The van der Waals surface area contributed by atoms with Crippen LogP contribution in [0.4, 0.5) is 4.39 Å². The fourth-order valence-corrected chi connectivity index (χ4v) is 2.40. The number of hydrogen-bond donors (Lipinski definition) is 1. The van der Waals surface area contributed by atoms with Gasteiger partial charge in [0, 0.05) is 19.5 Å². The van der Waals surface area contributed by atoms with Gasteiger partial charge in [0.05, 0.1) is 11.1 Å². The molecule has 1 aromatic carbocycles. The molecule has 1 N–H and O–H groups in total. The zero-order valence-corrected chi connectivity index (χ0v) is 12.5. The van der Waals surface area contributed by atoms with Crippen LogP contribution in [0.1, 0.15) is 53.3 Å². The van der Waals surface area contributed by atoms with Gasteiger partial charge in [0.1, 0.15) is 5.82 Å². The van der Waals surface area contributed by atoms with Crippen molar-refractivity contribution in [2.45, 2.75) is 32.6 Å². The number of imide groups is 1. The molecular formula is C16H19FN2O3. The molecule has 5 nitrogen and oxygen atoms in total. The lowest BCUT2D eigenvalue weighted by atomic mass is 10.1. The average Bonchev–Trinajstić information content (AvgIpc) is 2.74. The highest BCUT2D eigenvalue weighted by atomic mass is 19.1. The Morgan fingerprint density at radius 1 is 1.23 bits per heavy atom. The number of fused-ring (bicyclic) bond motifs is 1. The molecule has 0 spiro atoms. The molecule has 0 atom stereocenters. The molecule has 3 amide bonds. The van der Waals surface area contributed by atoms with Crippen LogP contribution in [-0.2, 0) is 4.79 Å². The molecule has 0 bridgehead atoms. The van der Waals surface area contributed by atoms with Gasteiger partial charge in [0.15, 0.2) is 0 Å². The number of carbonyl (C=O) groups excluding carboxylic acids is 3. The number of benzene rings is 1. The van der Waals surface area contributed by atoms with E-state index in [1.807, 2.05) is 0 Å². The summed E-state index contributed by atoms with van der Waals surface area (Å²) in [5, 5.41) is 2.74. The third kappa shape index (κ3) is 3.32. The molecular weight excluding hydrogens is 287 g/mol. The molecule has 22 heavy (non-hydrogen) atoms. The van der Waals surface area contributed by atoms with Gasteiger partial charge in [-0.3, -0.25) is 19.3 Å². The number of carbonyl (C=O) groups is 3. The van der Waals surface area contributed by atoms with Crippen molar-refractivity contribution >= 4 is 17.7 Å². The molecule has 0 aliphatic carbocycles. The first-order valence-electron chi connectivity index (χ1n) is 7.47. The normalized spacial score (nSPS) is 13.5. The third-order valence-corrected chi connectivity index (χ3v) is 3.61. The third-order valence-electron chi connectivity index (χ3n) is 3.61. The predicted molar refractivity (Wildman–Crippen MR) is 78.9 cm³/mol. The fourth-order valence-electron chi connectivity index (χ4n) is 2.40. The molecule has 0 unspecified atom stereocenters. The van der Waals surface area contributed by atoms with Crippen molar-refractivity contribution in [2.75, 3.05) is 13.1 Å². The zero-order chi connectivity index (χ0) is 16.1. The van der Waals surface area contributed by atoms with E-state index in [-0.39, 0.29) is 30.0 Å². The standard InChI is InChI=1S/C16H19FN2O3/c1-2-3-4-9-18-13(20)8-10-19-15(21)11-6-5-7-12(17)14(11)16(19)22/h5-7H,2-4,8-10H2,1H3,(H,18,20). The number of rotatable bonds is 7. The molecule has 1 aliphatic heterocycles. The van der Waals surface area contributed by atoms with Gasteiger partial charge in [0.25, 0.3) is 11.8 Å². The second-order valence-corrected chi connectivity index (χ2v) is 5.23.